The van der Waals surface area contributed by atoms with Gasteiger partial charge in [0.2, 0.25) is 0 Å². The van der Waals surface area contributed by atoms with Gasteiger partial charge in [-0.15, -0.1) is 0 Å². The fourth-order valence-corrected chi connectivity index (χ4v) is 2.20. The Morgan fingerprint density at radius 3 is 2.13 bits per heavy atom. The highest BCUT2D eigenvalue weighted by molar-refractivity contribution is 5.66. The van der Waals surface area contributed by atoms with Crippen LogP contribution in [0.1, 0.15) is 77.6 Å². The molecule has 132 valence electrons. The molecule has 1 unspecified atom stereocenters. The zero-order valence-corrected chi connectivity index (χ0v) is 14.6. The Hall–Kier alpha value is -1.35. The van der Waals surface area contributed by atoms with Gasteiger partial charge in [0.15, 0.2) is 0 Å². The van der Waals surface area contributed by atoms with Gasteiger partial charge in [0.1, 0.15) is 0 Å². The van der Waals surface area contributed by atoms with E-state index in [0.717, 1.165) is 12.8 Å². The number of carbonyl (C=O) groups is 1. The van der Waals surface area contributed by atoms with Gasteiger partial charge in [-0.25, -0.2) is 0 Å². The molecule has 0 heterocycles. The van der Waals surface area contributed by atoms with Gasteiger partial charge in [-0.05, 0) is 51.4 Å². The molecule has 0 saturated heterocycles. The summed E-state index contributed by atoms with van der Waals surface area (Å²) in [5.41, 5.74) is 0. The van der Waals surface area contributed by atoms with E-state index < -0.39 is 12.1 Å². The van der Waals surface area contributed by atoms with Crippen molar-refractivity contribution >= 4 is 5.97 Å². The van der Waals surface area contributed by atoms with Gasteiger partial charge in [0, 0.05) is 6.42 Å². The van der Waals surface area contributed by atoms with Crippen molar-refractivity contribution in [3.63, 3.8) is 0 Å². The van der Waals surface area contributed by atoms with Crippen molar-refractivity contribution in [3.05, 3.63) is 36.5 Å². The quantitative estimate of drug-likeness (QED) is 0.241. The lowest BCUT2D eigenvalue weighted by Gasteiger charge is -2.02. The molecule has 0 aromatic carbocycles. The summed E-state index contributed by atoms with van der Waals surface area (Å²) >= 11 is 0. The van der Waals surface area contributed by atoms with Crippen LogP contribution in [0.15, 0.2) is 36.5 Å². The maximum Gasteiger partial charge on any atom is 0.303 e. The van der Waals surface area contributed by atoms with E-state index in [1.807, 2.05) is 12.2 Å². The molecule has 2 N–H and O–H groups in total. The number of aliphatic hydroxyl groups is 1. The number of aliphatic carboxylic acids is 1. The Labute approximate surface area is 141 Å². The van der Waals surface area contributed by atoms with E-state index in [9.17, 15) is 9.90 Å². The number of hydrogen-bond donors (Lipinski definition) is 2. The molecular formula is C20H34O3. The number of allylic oxidation sites excluding steroid dienone is 5. The summed E-state index contributed by atoms with van der Waals surface area (Å²) in [5, 5.41) is 18.1. The maximum absolute atomic E-state index is 10.4. The van der Waals surface area contributed by atoms with E-state index in [-0.39, 0.29) is 6.42 Å². The van der Waals surface area contributed by atoms with Crippen molar-refractivity contribution in [2.45, 2.75) is 83.7 Å². The minimum absolute atomic E-state index is 0.119. The molecule has 0 saturated carbocycles. The number of unbranched alkanes of at least 4 members (excludes halogenated alkanes) is 6. The van der Waals surface area contributed by atoms with Gasteiger partial charge in [-0.1, -0.05) is 56.2 Å². The molecule has 0 amide bonds. The van der Waals surface area contributed by atoms with E-state index >= 15 is 0 Å². The first-order valence-electron chi connectivity index (χ1n) is 9.05. The van der Waals surface area contributed by atoms with Crippen molar-refractivity contribution in [3.8, 4) is 0 Å². The minimum Gasteiger partial charge on any atom is -0.481 e. The number of rotatable bonds is 15. The Bertz CT molecular complexity index is 356. The van der Waals surface area contributed by atoms with Crippen LogP contribution in [-0.2, 0) is 4.79 Å². The molecule has 0 aliphatic heterocycles. The molecule has 0 rings (SSSR count). The summed E-state index contributed by atoms with van der Waals surface area (Å²) in [5.74, 6) is -0.808. The van der Waals surface area contributed by atoms with Crippen LogP contribution >= 0.6 is 0 Å². The Kier molecular flexibility index (Phi) is 16.0. The first-order valence-corrected chi connectivity index (χ1v) is 9.05. The number of carboxylic acid groups (broad SMARTS) is 1. The smallest absolute Gasteiger partial charge is 0.303 e. The molecule has 0 fully saturated rings. The van der Waals surface area contributed by atoms with E-state index in [1.54, 1.807) is 6.08 Å². The first kappa shape index (κ1) is 21.6. The normalized spacial score (nSPS) is 13.5. The molecule has 0 aliphatic rings. The summed E-state index contributed by atoms with van der Waals surface area (Å²) < 4.78 is 0. The number of hydrogen-bond acceptors (Lipinski definition) is 2. The predicted octanol–water partition coefficient (Wildman–Crippen LogP) is 5.41. The standard InChI is InChI=1S/C20H34O3/c1-2-3-4-5-6-7-8-9-10-11-12-13-14-16-19(21)17-15-18-20(22)23/h6-7,12-14,16,19,21H,2-5,8-11,15,17-18H2,1H3,(H,22,23)/b7-6+,13-12+,16-14+. The fourth-order valence-electron chi connectivity index (χ4n) is 2.20. The van der Waals surface area contributed by atoms with Crippen LogP contribution in [0.3, 0.4) is 0 Å². The van der Waals surface area contributed by atoms with Crippen LogP contribution in [0.25, 0.3) is 0 Å². The summed E-state index contributed by atoms with van der Waals surface area (Å²) in [4.78, 5) is 10.4. The Morgan fingerprint density at radius 1 is 0.913 bits per heavy atom. The van der Waals surface area contributed by atoms with E-state index in [2.05, 4.69) is 25.2 Å². The average Bonchev–Trinajstić information content (AvgIpc) is 2.51. The van der Waals surface area contributed by atoms with Crippen LogP contribution < -0.4 is 0 Å². The zero-order chi connectivity index (χ0) is 17.2. The SMILES string of the molecule is CCCCC/C=C/CCCC/C=C/C=C/C(O)CCCC(=O)O. The van der Waals surface area contributed by atoms with Crippen molar-refractivity contribution in [2.75, 3.05) is 0 Å². The molecule has 3 nitrogen and oxygen atoms in total. The lowest BCUT2D eigenvalue weighted by atomic mass is 10.1. The van der Waals surface area contributed by atoms with Gasteiger partial charge in [-0.2, -0.15) is 0 Å². The molecule has 0 bridgehead atoms. The summed E-state index contributed by atoms with van der Waals surface area (Å²) in [6.07, 6.45) is 22.6. The number of aliphatic hydroxyl groups excluding tert-OH is 1. The third kappa shape index (κ3) is 18.6. The van der Waals surface area contributed by atoms with Crippen LogP contribution in [-0.4, -0.2) is 22.3 Å². The van der Waals surface area contributed by atoms with Gasteiger partial charge in [0.05, 0.1) is 6.10 Å². The molecule has 0 spiro atoms. The van der Waals surface area contributed by atoms with Crippen LogP contribution in [0.5, 0.6) is 0 Å². The predicted molar refractivity (Wildman–Crippen MR) is 97.5 cm³/mol. The topological polar surface area (TPSA) is 57.5 Å². The second-order valence-electron chi connectivity index (χ2n) is 5.92. The second-order valence-corrected chi connectivity index (χ2v) is 5.92. The monoisotopic (exact) mass is 322 g/mol. The molecule has 1 atom stereocenters. The molecule has 0 aromatic rings. The average molecular weight is 322 g/mol. The summed E-state index contributed by atoms with van der Waals surface area (Å²) in [6, 6.07) is 0. The van der Waals surface area contributed by atoms with Crippen LogP contribution in [0, 0.1) is 0 Å². The third-order valence-electron chi connectivity index (χ3n) is 3.60. The van der Waals surface area contributed by atoms with E-state index in [4.69, 9.17) is 5.11 Å². The first-order chi connectivity index (χ1) is 11.2. The lowest BCUT2D eigenvalue weighted by Crippen LogP contribution is -2.03. The van der Waals surface area contributed by atoms with Gasteiger partial charge >= 0.3 is 5.97 Å². The second kappa shape index (κ2) is 17.0. The molecule has 23 heavy (non-hydrogen) atoms. The lowest BCUT2D eigenvalue weighted by molar-refractivity contribution is -0.137. The van der Waals surface area contributed by atoms with Crippen molar-refractivity contribution < 1.29 is 15.0 Å². The molecule has 0 aromatic heterocycles. The highest BCUT2D eigenvalue weighted by Gasteiger charge is 2.01. The highest BCUT2D eigenvalue weighted by Crippen LogP contribution is 2.05. The van der Waals surface area contributed by atoms with Crippen molar-refractivity contribution in [1.82, 2.24) is 0 Å². The van der Waals surface area contributed by atoms with Gasteiger partial charge < -0.3 is 10.2 Å². The molecule has 0 radical (unpaired) electrons. The zero-order valence-electron chi connectivity index (χ0n) is 14.6. The largest absolute Gasteiger partial charge is 0.481 e. The Balaban J connectivity index is 3.45. The summed E-state index contributed by atoms with van der Waals surface area (Å²) in [6.45, 7) is 2.23. The molecule has 0 aliphatic carbocycles. The minimum atomic E-state index is -0.808. The third-order valence-corrected chi connectivity index (χ3v) is 3.60. The van der Waals surface area contributed by atoms with Crippen LogP contribution in [0.2, 0.25) is 0 Å². The molecule has 3 heteroatoms. The van der Waals surface area contributed by atoms with Crippen molar-refractivity contribution in [1.29, 1.82) is 0 Å². The van der Waals surface area contributed by atoms with Gasteiger partial charge in [-0.3, -0.25) is 4.79 Å². The highest BCUT2D eigenvalue weighted by atomic mass is 16.4. The van der Waals surface area contributed by atoms with E-state index in [1.165, 1.54) is 38.5 Å². The van der Waals surface area contributed by atoms with Gasteiger partial charge in [0.25, 0.3) is 0 Å². The fraction of sp³-hybridized carbons (Fsp3) is 0.650. The number of carboxylic acids is 1. The van der Waals surface area contributed by atoms with Crippen molar-refractivity contribution in [2.24, 2.45) is 0 Å². The Morgan fingerprint density at radius 2 is 1.52 bits per heavy atom. The molecular weight excluding hydrogens is 288 g/mol. The maximum atomic E-state index is 10.4. The van der Waals surface area contributed by atoms with E-state index in [0.29, 0.717) is 12.8 Å². The van der Waals surface area contributed by atoms with Crippen LogP contribution in [0.4, 0.5) is 0 Å². The summed E-state index contributed by atoms with van der Waals surface area (Å²) in [7, 11) is 0.